The molecule has 0 bridgehead atoms. The number of nitrogens with one attached hydrogen (secondary N) is 1. The van der Waals surface area contributed by atoms with Crippen LogP contribution in [-0.2, 0) is 14.3 Å². The number of hydrogen-bond donors (Lipinski definition) is 6. The smallest absolute Gasteiger partial charge is 0.220 e. The summed E-state index contributed by atoms with van der Waals surface area (Å²) in [7, 11) is 0. The minimum absolute atomic E-state index is 0.184. The normalized spacial score (nSPS) is 19.8. The lowest BCUT2D eigenvalue weighted by atomic mass is 9.99. The first-order chi connectivity index (χ1) is 33.8. The number of unbranched alkanes of at least 4 members (excludes halogenated alkanes) is 34. The van der Waals surface area contributed by atoms with Gasteiger partial charge in [-0.2, -0.15) is 0 Å². The molecule has 9 nitrogen and oxygen atoms in total. The Morgan fingerprint density at radius 2 is 0.870 bits per heavy atom. The van der Waals surface area contributed by atoms with Crippen molar-refractivity contribution in [2.24, 2.45) is 0 Å². The van der Waals surface area contributed by atoms with Gasteiger partial charge in [-0.1, -0.05) is 249 Å². The second-order valence-electron chi connectivity index (χ2n) is 20.4. The molecule has 1 amide bonds. The molecule has 0 aromatic carbocycles. The number of hydrogen-bond acceptors (Lipinski definition) is 8. The third-order valence-electron chi connectivity index (χ3n) is 13.9. The van der Waals surface area contributed by atoms with Gasteiger partial charge in [-0.15, -0.1) is 0 Å². The highest BCUT2D eigenvalue weighted by molar-refractivity contribution is 5.76. The van der Waals surface area contributed by atoms with Crippen LogP contribution in [0.15, 0.2) is 48.6 Å². The Labute approximate surface area is 424 Å². The van der Waals surface area contributed by atoms with E-state index in [2.05, 4.69) is 55.6 Å². The lowest BCUT2D eigenvalue weighted by Crippen LogP contribution is -2.60. The summed E-state index contributed by atoms with van der Waals surface area (Å²) in [4.78, 5) is 13.0. The Morgan fingerprint density at radius 1 is 0.493 bits per heavy atom. The van der Waals surface area contributed by atoms with E-state index in [-0.39, 0.29) is 12.5 Å². The molecule has 7 unspecified atom stereocenters. The minimum Gasteiger partial charge on any atom is -0.394 e. The van der Waals surface area contributed by atoms with Gasteiger partial charge in [0.1, 0.15) is 24.4 Å². The summed E-state index contributed by atoms with van der Waals surface area (Å²) in [6.07, 6.45) is 59.1. The predicted octanol–water partition coefficient (Wildman–Crippen LogP) is 14.5. The van der Waals surface area contributed by atoms with Crippen molar-refractivity contribution in [3.8, 4) is 0 Å². The van der Waals surface area contributed by atoms with Crippen LogP contribution in [0.4, 0.5) is 0 Å². The van der Waals surface area contributed by atoms with Crippen LogP contribution < -0.4 is 5.32 Å². The standard InChI is InChI=1S/C60H111NO8/c1-3-5-7-9-11-13-15-17-18-19-20-21-22-23-24-25-26-27-28-29-30-31-32-33-34-35-36-38-40-42-44-46-48-50-56(64)61-53(52-68-60-59(67)58(66)57(65)55(51-62)69-60)54(63)49-47-45-43-41-39-37-16-14-12-10-8-6-4-2/h15,17,19-20,39,41,47,49,53-55,57-60,62-63,65-67H,3-14,16,18,21-38,40,42-46,48,50-52H2,1-2H3,(H,61,64)/b17-15-,20-19-,41-39+,49-47+. The molecule has 404 valence electrons. The molecule has 1 aliphatic rings. The van der Waals surface area contributed by atoms with E-state index in [4.69, 9.17) is 9.47 Å². The molecule has 0 aromatic rings. The first-order valence-corrected chi connectivity index (χ1v) is 29.4. The first-order valence-electron chi connectivity index (χ1n) is 29.4. The lowest BCUT2D eigenvalue weighted by Gasteiger charge is -2.40. The molecule has 9 heteroatoms. The quantitative estimate of drug-likeness (QED) is 0.0261. The lowest BCUT2D eigenvalue weighted by molar-refractivity contribution is -0.302. The summed E-state index contributed by atoms with van der Waals surface area (Å²) in [6.45, 7) is 3.75. The maximum Gasteiger partial charge on any atom is 0.220 e. The van der Waals surface area contributed by atoms with E-state index in [1.165, 1.54) is 205 Å². The largest absolute Gasteiger partial charge is 0.394 e. The predicted molar refractivity (Wildman–Crippen MR) is 290 cm³/mol. The summed E-state index contributed by atoms with van der Waals surface area (Å²) in [5, 5.41) is 54.3. The van der Waals surface area contributed by atoms with E-state index in [9.17, 15) is 30.3 Å². The van der Waals surface area contributed by atoms with Crippen LogP contribution in [0, 0.1) is 0 Å². The van der Waals surface area contributed by atoms with E-state index in [1.54, 1.807) is 6.08 Å². The summed E-state index contributed by atoms with van der Waals surface area (Å²) in [5.74, 6) is -0.184. The van der Waals surface area contributed by atoms with Gasteiger partial charge in [-0.05, 0) is 64.2 Å². The van der Waals surface area contributed by atoms with E-state index >= 15 is 0 Å². The molecule has 7 atom stereocenters. The number of allylic oxidation sites excluding steroid dienone is 7. The number of carbonyl (C=O) groups excluding carboxylic acids is 1. The van der Waals surface area contributed by atoms with Crippen molar-refractivity contribution in [3.63, 3.8) is 0 Å². The molecule has 0 aromatic heterocycles. The maximum atomic E-state index is 13.0. The fourth-order valence-corrected chi connectivity index (χ4v) is 9.20. The van der Waals surface area contributed by atoms with Gasteiger partial charge in [0.25, 0.3) is 0 Å². The molecule has 1 heterocycles. The molecule has 0 radical (unpaired) electrons. The highest BCUT2D eigenvalue weighted by Crippen LogP contribution is 2.23. The fraction of sp³-hybridized carbons (Fsp3) is 0.850. The Kier molecular flexibility index (Phi) is 47.0. The summed E-state index contributed by atoms with van der Waals surface area (Å²) >= 11 is 0. The molecule has 1 fully saturated rings. The van der Waals surface area contributed by atoms with Crippen molar-refractivity contribution in [2.45, 2.75) is 314 Å². The Morgan fingerprint density at radius 3 is 1.30 bits per heavy atom. The number of carbonyl (C=O) groups is 1. The summed E-state index contributed by atoms with van der Waals surface area (Å²) in [6, 6.07) is -0.820. The van der Waals surface area contributed by atoms with Gasteiger partial charge in [-0.3, -0.25) is 4.79 Å². The van der Waals surface area contributed by atoms with Crippen LogP contribution in [0.25, 0.3) is 0 Å². The zero-order valence-electron chi connectivity index (χ0n) is 44.8. The number of aliphatic hydroxyl groups is 5. The van der Waals surface area contributed by atoms with Crippen molar-refractivity contribution in [3.05, 3.63) is 48.6 Å². The van der Waals surface area contributed by atoms with Crippen LogP contribution >= 0.6 is 0 Å². The van der Waals surface area contributed by atoms with Crippen molar-refractivity contribution in [1.29, 1.82) is 0 Å². The number of aliphatic hydroxyl groups excluding tert-OH is 5. The van der Waals surface area contributed by atoms with E-state index in [0.717, 1.165) is 44.9 Å². The van der Waals surface area contributed by atoms with Crippen LogP contribution in [0.3, 0.4) is 0 Å². The maximum absolute atomic E-state index is 13.0. The van der Waals surface area contributed by atoms with E-state index < -0.39 is 49.5 Å². The van der Waals surface area contributed by atoms with Gasteiger partial charge in [0.2, 0.25) is 5.91 Å². The monoisotopic (exact) mass is 974 g/mol. The van der Waals surface area contributed by atoms with Crippen LogP contribution in [0.1, 0.15) is 271 Å². The molecule has 69 heavy (non-hydrogen) atoms. The molecule has 1 saturated heterocycles. The highest BCUT2D eigenvalue weighted by atomic mass is 16.7. The highest BCUT2D eigenvalue weighted by Gasteiger charge is 2.44. The Balaban J connectivity index is 2.11. The third kappa shape index (κ3) is 39.4. The zero-order valence-corrected chi connectivity index (χ0v) is 44.8. The van der Waals surface area contributed by atoms with E-state index in [0.29, 0.717) is 6.42 Å². The second-order valence-corrected chi connectivity index (χ2v) is 20.4. The average molecular weight is 975 g/mol. The molecule has 1 aliphatic heterocycles. The zero-order chi connectivity index (χ0) is 50.1. The average Bonchev–Trinajstić information content (AvgIpc) is 3.35. The summed E-state index contributed by atoms with van der Waals surface area (Å²) in [5.41, 5.74) is 0. The van der Waals surface area contributed by atoms with Crippen molar-refractivity contribution in [2.75, 3.05) is 13.2 Å². The molecule has 0 saturated carbocycles. The SMILES string of the molecule is CCCCCCC/C=C\C/C=C\CCCCCCCCCCCCCCCCCCCCCCCC(=O)NC(COC1OC(CO)C(O)C(O)C1O)C(O)/C=C/CC/C=C/CCCCCCCCC. The van der Waals surface area contributed by atoms with Gasteiger partial charge in [0.15, 0.2) is 6.29 Å². The Hall–Kier alpha value is -1.85. The third-order valence-corrected chi connectivity index (χ3v) is 13.9. The molecule has 0 spiro atoms. The van der Waals surface area contributed by atoms with Crippen molar-refractivity contribution < 1.29 is 39.8 Å². The van der Waals surface area contributed by atoms with Gasteiger partial charge in [0.05, 0.1) is 25.4 Å². The molecular formula is C60H111NO8. The first kappa shape index (κ1) is 65.2. The van der Waals surface area contributed by atoms with Gasteiger partial charge >= 0.3 is 0 Å². The van der Waals surface area contributed by atoms with Crippen LogP contribution in [0.5, 0.6) is 0 Å². The van der Waals surface area contributed by atoms with Crippen LogP contribution in [-0.4, -0.2) is 87.5 Å². The number of ether oxygens (including phenoxy) is 2. The van der Waals surface area contributed by atoms with Gasteiger partial charge in [0, 0.05) is 6.42 Å². The molecular weight excluding hydrogens is 863 g/mol. The molecule has 6 N–H and O–H groups in total. The molecule has 0 aliphatic carbocycles. The van der Waals surface area contributed by atoms with Gasteiger partial charge in [-0.25, -0.2) is 0 Å². The van der Waals surface area contributed by atoms with E-state index in [1.807, 2.05) is 6.08 Å². The van der Waals surface area contributed by atoms with Crippen LogP contribution in [0.2, 0.25) is 0 Å². The minimum atomic E-state index is -1.57. The Bertz CT molecular complexity index is 1220. The number of rotatable bonds is 50. The van der Waals surface area contributed by atoms with Gasteiger partial charge < -0.3 is 40.3 Å². The van der Waals surface area contributed by atoms with Crippen molar-refractivity contribution in [1.82, 2.24) is 5.32 Å². The number of amides is 1. The molecule has 1 rings (SSSR count). The summed E-state index contributed by atoms with van der Waals surface area (Å²) < 4.78 is 11.2. The topological polar surface area (TPSA) is 149 Å². The fourth-order valence-electron chi connectivity index (χ4n) is 9.20. The second kappa shape index (κ2) is 49.7. The van der Waals surface area contributed by atoms with Crippen molar-refractivity contribution >= 4 is 5.91 Å².